The Bertz CT molecular complexity index is 1510. The van der Waals surface area contributed by atoms with Crippen LogP contribution < -0.4 is 10.9 Å². The number of carboxylic acid groups (broad SMARTS) is 1. The standard InChI is InChI=1S/C21H16N6O7/c1-11-3-2-4-12(5-11)23-21(31)34-9-13-8-26(10-22-13)16-6-14-15(7-17(16)27(32)33)25-19(28)18(24-14)20(29)30/h2-8,10H,9H2,1H3,(H,23,31)(H,25,28)(H,29,30). The lowest BCUT2D eigenvalue weighted by atomic mass is 10.2. The SMILES string of the molecule is Cc1cccc(NC(=O)OCc2cn(-c3cc4nc(C(=O)O)c(=O)[nH]c4cc3[N+](=O)[O-])cn2)c1. The van der Waals surface area contributed by atoms with Gasteiger partial charge in [-0.1, -0.05) is 12.1 Å². The molecule has 0 aliphatic rings. The maximum absolute atomic E-state index is 12.0. The van der Waals surface area contributed by atoms with Crippen LogP contribution in [0.2, 0.25) is 0 Å². The van der Waals surface area contributed by atoms with Gasteiger partial charge in [-0.25, -0.2) is 19.6 Å². The molecule has 2 heterocycles. The van der Waals surface area contributed by atoms with Crippen molar-refractivity contribution in [2.45, 2.75) is 13.5 Å². The van der Waals surface area contributed by atoms with Crippen LogP contribution in [0.1, 0.15) is 21.7 Å². The Kier molecular flexibility index (Phi) is 5.74. The fraction of sp³-hybridized carbons (Fsp3) is 0.0952. The van der Waals surface area contributed by atoms with Crippen molar-refractivity contribution < 1.29 is 24.4 Å². The van der Waals surface area contributed by atoms with Gasteiger partial charge in [-0.2, -0.15) is 0 Å². The molecule has 0 aliphatic heterocycles. The zero-order chi connectivity index (χ0) is 24.4. The van der Waals surface area contributed by atoms with Crippen LogP contribution in [0.25, 0.3) is 16.7 Å². The second kappa shape index (κ2) is 8.82. The summed E-state index contributed by atoms with van der Waals surface area (Å²) in [7, 11) is 0. The van der Waals surface area contributed by atoms with E-state index in [1.165, 1.54) is 23.2 Å². The highest BCUT2D eigenvalue weighted by molar-refractivity contribution is 5.89. The van der Waals surface area contributed by atoms with E-state index in [-0.39, 0.29) is 29.0 Å². The van der Waals surface area contributed by atoms with E-state index in [4.69, 9.17) is 9.84 Å². The van der Waals surface area contributed by atoms with E-state index < -0.39 is 28.2 Å². The molecule has 0 spiro atoms. The smallest absolute Gasteiger partial charge is 0.412 e. The zero-order valence-electron chi connectivity index (χ0n) is 17.5. The van der Waals surface area contributed by atoms with E-state index in [2.05, 4.69) is 20.3 Å². The fourth-order valence-corrected chi connectivity index (χ4v) is 3.20. The minimum absolute atomic E-state index is 0.00180. The lowest BCUT2D eigenvalue weighted by molar-refractivity contribution is -0.384. The first-order valence-corrected chi connectivity index (χ1v) is 9.70. The molecule has 0 bridgehead atoms. The van der Waals surface area contributed by atoms with E-state index >= 15 is 0 Å². The second-order valence-corrected chi connectivity index (χ2v) is 7.18. The van der Waals surface area contributed by atoms with E-state index in [1.807, 2.05) is 13.0 Å². The van der Waals surface area contributed by atoms with Crippen molar-refractivity contribution in [2.75, 3.05) is 5.32 Å². The Morgan fingerprint density at radius 2 is 2.09 bits per heavy atom. The number of rotatable bonds is 6. The van der Waals surface area contributed by atoms with Crippen molar-refractivity contribution in [1.29, 1.82) is 0 Å². The summed E-state index contributed by atoms with van der Waals surface area (Å²) in [4.78, 5) is 56.2. The third kappa shape index (κ3) is 4.57. The van der Waals surface area contributed by atoms with Crippen LogP contribution in [0, 0.1) is 17.0 Å². The quantitative estimate of drug-likeness (QED) is 0.285. The highest BCUT2D eigenvalue weighted by Crippen LogP contribution is 2.27. The highest BCUT2D eigenvalue weighted by atomic mass is 16.6. The summed E-state index contributed by atoms with van der Waals surface area (Å²) in [6, 6.07) is 9.48. The number of nitrogens with zero attached hydrogens (tertiary/aromatic N) is 4. The fourth-order valence-electron chi connectivity index (χ4n) is 3.20. The largest absolute Gasteiger partial charge is 0.476 e. The summed E-state index contributed by atoms with van der Waals surface area (Å²) >= 11 is 0. The van der Waals surface area contributed by atoms with Gasteiger partial charge >= 0.3 is 12.1 Å². The molecular formula is C21H16N6O7. The average Bonchev–Trinajstić information content (AvgIpc) is 3.25. The van der Waals surface area contributed by atoms with Gasteiger partial charge in [-0.3, -0.25) is 24.8 Å². The lowest BCUT2D eigenvalue weighted by Crippen LogP contribution is -2.20. The molecular weight excluding hydrogens is 448 g/mol. The number of fused-ring (bicyclic) bond motifs is 1. The van der Waals surface area contributed by atoms with Gasteiger partial charge in [0.25, 0.3) is 11.2 Å². The first kappa shape index (κ1) is 22.1. The van der Waals surface area contributed by atoms with Crippen molar-refractivity contribution in [3.63, 3.8) is 0 Å². The molecule has 13 heteroatoms. The van der Waals surface area contributed by atoms with Gasteiger partial charge in [0.15, 0.2) is 0 Å². The van der Waals surface area contributed by atoms with Crippen molar-refractivity contribution >= 4 is 34.5 Å². The number of aromatic carboxylic acids is 1. The van der Waals surface area contributed by atoms with Gasteiger partial charge in [0.05, 0.1) is 28.0 Å². The number of aryl methyl sites for hydroxylation is 1. The molecule has 0 atom stereocenters. The van der Waals surface area contributed by atoms with Crippen LogP contribution in [-0.2, 0) is 11.3 Å². The van der Waals surface area contributed by atoms with Gasteiger partial charge < -0.3 is 14.8 Å². The van der Waals surface area contributed by atoms with E-state index in [9.17, 15) is 24.5 Å². The molecule has 4 rings (SSSR count). The summed E-state index contributed by atoms with van der Waals surface area (Å²) in [5.74, 6) is -1.53. The van der Waals surface area contributed by atoms with Crippen molar-refractivity contribution in [2.24, 2.45) is 0 Å². The Morgan fingerprint density at radius 3 is 2.79 bits per heavy atom. The van der Waals surface area contributed by atoms with Crippen LogP contribution in [0.15, 0.2) is 53.7 Å². The molecule has 0 aliphatic carbocycles. The predicted octanol–water partition coefficient (Wildman–Crippen LogP) is 2.77. The molecule has 2 aromatic carbocycles. The molecule has 172 valence electrons. The van der Waals surface area contributed by atoms with E-state index in [0.29, 0.717) is 11.4 Å². The van der Waals surface area contributed by atoms with Crippen molar-refractivity contribution in [3.8, 4) is 5.69 Å². The van der Waals surface area contributed by atoms with Crippen LogP contribution in [0.4, 0.5) is 16.2 Å². The van der Waals surface area contributed by atoms with Crippen LogP contribution in [-0.4, -0.2) is 41.6 Å². The number of H-pyrrole nitrogens is 1. The highest BCUT2D eigenvalue weighted by Gasteiger charge is 2.21. The topological polar surface area (TPSA) is 182 Å². The minimum Gasteiger partial charge on any atom is -0.476 e. The summed E-state index contributed by atoms with van der Waals surface area (Å²) in [5.41, 5.74) is -0.222. The number of carboxylic acids is 1. The molecule has 1 amide bonds. The van der Waals surface area contributed by atoms with Crippen LogP contribution >= 0.6 is 0 Å². The number of aromatic amines is 1. The maximum Gasteiger partial charge on any atom is 0.412 e. The van der Waals surface area contributed by atoms with Gasteiger partial charge in [0.1, 0.15) is 12.3 Å². The number of benzene rings is 2. The second-order valence-electron chi connectivity index (χ2n) is 7.18. The predicted molar refractivity (Wildman–Crippen MR) is 118 cm³/mol. The number of nitro benzene ring substituents is 1. The van der Waals surface area contributed by atoms with Gasteiger partial charge in [-0.05, 0) is 30.7 Å². The number of anilines is 1. The van der Waals surface area contributed by atoms with E-state index in [0.717, 1.165) is 11.6 Å². The number of hydrogen-bond acceptors (Lipinski definition) is 8. The summed E-state index contributed by atoms with van der Waals surface area (Å²) in [6.07, 6.45) is 1.98. The molecule has 0 fully saturated rings. The molecule has 13 nitrogen and oxygen atoms in total. The van der Waals surface area contributed by atoms with Gasteiger partial charge in [-0.15, -0.1) is 0 Å². The van der Waals surface area contributed by atoms with Gasteiger partial charge in [0, 0.05) is 18.0 Å². The Hall–Kier alpha value is -5.07. The molecule has 0 unspecified atom stereocenters. The summed E-state index contributed by atoms with van der Waals surface area (Å²) in [5, 5.41) is 23.3. The third-order valence-electron chi connectivity index (χ3n) is 4.72. The molecule has 4 aromatic rings. The normalized spacial score (nSPS) is 10.7. The number of aromatic nitrogens is 4. The maximum atomic E-state index is 12.0. The average molecular weight is 464 g/mol. The number of carbonyl (C=O) groups excluding carboxylic acids is 1. The van der Waals surface area contributed by atoms with E-state index in [1.54, 1.807) is 18.2 Å². The molecule has 34 heavy (non-hydrogen) atoms. The Morgan fingerprint density at radius 1 is 1.29 bits per heavy atom. The number of imidazole rings is 1. The molecule has 2 aromatic heterocycles. The number of hydrogen-bond donors (Lipinski definition) is 3. The number of nitrogens with one attached hydrogen (secondary N) is 2. The number of nitro groups is 1. The number of ether oxygens (including phenoxy) is 1. The summed E-state index contributed by atoms with van der Waals surface area (Å²) in [6.45, 7) is 1.67. The molecule has 0 radical (unpaired) electrons. The third-order valence-corrected chi connectivity index (χ3v) is 4.72. The molecule has 3 N–H and O–H groups in total. The summed E-state index contributed by atoms with van der Waals surface area (Å²) < 4.78 is 6.45. The Balaban J connectivity index is 1.59. The van der Waals surface area contributed by atoms with Crippen LogP contribution in [0.5, 0.6) is 0 Å². The minimum atomic E-state index is -1.53. The van der Waals surface area contributed by atoms with Crippen molar-refractivity contribution in [1.82, 2.24) is 19.5 Å². The first-order chi connectivity index (χ1) is 16.2. The first-order valence-electron chi connectivity index (χ1n) is 9.70. The monoisotopic (exact) mass is 464 g/mol. The number of carbonyl (C=O) groups is 2. The zero-order valence-corrected chi connectivity index (χ0v) is 17.5. The molecule has 0 saturated carbocycles. The Labute approximate surface area is 189 Å². The number of amides is 1. The van der Waals surface area contributed by atoms with Crippen molar-refractivity contribution in [3.05, 3.63) is 86.3 Å². The van der Waals surface area contributed by atoms with Gasteiger partial charge in [0.2, 0.25) is 5.69 Å². The molecule has 0 saturated heterocycles. The lowest BCUT2D eigenvalue weighted by Gasteiger charge is -2.07. The van der Waals surface area contributed by atoms with Crippen LogP contribution in [0.3, 0.4) is 0 Å².